The number of ether oxygens (including phenoxy) is 1. The van der Waals surface area contributed by atoms with Crippen LogP contribution in [0.25, 0.3) is 0 Å². The van der Waals surface area contributed by atoms with Crippen molar-refractivity contribution in [3.63, 3.8) is 0 Å². The number of carbonyl (C=O) groups is 2. The van der Waals surface area contributed by atoms with Crippen molar-refractivity contribution in [1.82, 2.24) is 10.2 Å². The van der Waals surface area contributed by atoms with Gasteiger partial charge in [-0.15, -0.1) is 11.8 Å². The second kappa shape index (κ2) is 6.00. The van der Waals surface area contributed by atoms with E-state index in [9.17, 15) is 14.7 Å². The maximum atomic E-state index is 12.1. The number of nitrogens with one attached hydrogen (secondary N) is 1. The molecule has 6 nitrogen and oxygen atoms in total. The molecule has 2 amide bonds. The van der Waals surface area contributed by atoms with Gasteiger partial charge in [0.2, 0.25) is 0 Å². The summed E-state index contributed by atoms with van der Waals surface area (Å²) >= 11 is 1.31. The van der Waals surface area contributed by atoms with Gasteiger partial charge >= 0.3 is 12.0 Å². The quantitative estimate of drug-likeness (QED) is 0.737. The predicted molar refractivity (Wildman–Crippen MR) is 72.1 cm³/mol. The van der Waals surface area contributed by atoms with E-state index in [1.165, 1.54) is 24.6 Å². The molecule has 0 radical (unpaired) electrons. The lowest BCUT2D eigenvalue weighted by Crippen LogP contribution is -2.56. The van der Waals surface area contributed by atoms with Crippen molar-refractivity contribution in [2.75, 3.05) is 32.1 Å². The molecule has 2 aliphatic rings. The van der Waals surface area contributed by atoms with Crippen molar-refractivity contribution >= 4 is 23.8 Å². The monoisotopic (exact) mass is 288 g/mol. The molecule has 0 spiro atoms. The van der Waals surface area contributed by atoms with Gasteiger partial charge in [-0.25, -0.2) is 9.59 Å². The van der Waals surface area contributed by atoms with Gasteiger partial charge in [-0.1, -0.05) is 0 Å². The fraction of sp³-hybridized carbons (Fsp3) is 0.833. The summed E-state index contributed by atoms with van der Waals surface area (Å²) in [6, 6.07) is -0.323. The molecule has 1 saturated heterocycles. The number of rotatable bonds is 5. The smallest absolute Gasteiger partial charge is 0.339 e. The van der Waals surface area contributed by atoms with Crippen LogP contribution in [-0.4, -0.2) is 58.9 Å². The Morgan fingerprint density at radius 2 is 2.05 bits per heavy atom. The maximum absolute atomic E-state index is 12.1. The summed E-state index contributed by atoms with van der Waals surface area (Å²) < 4.78 is 5.17. The highest BCUT2D eigenvalue weighted by Gasteiger charge is 2.38. The first-order valence-electron chi connectivity index (χ1n) is 6.53. The van der Waals surface area contributed by atoms with Crippen molar-refractivity contribution in [2.24, 2.45) is 5.92 Å². The van der Waals surface area contributed by atoms with Gasteiger partial charge in [0.1, 0.15) is 0 Å². The molecule has 0 aromatic heterocycles. The largest absolute Gasteiger partial charge is 0.479 e. The highest BCUT2D eigenvalue weighted by atomic mass is 32.2. The predicted octanol–water partition coefficient (Wildman–Crippen LogP) is 0.972. The molecule has 1 saturated carbocycles. The molecular formula is C12H20N2O4S. The third kappa shape index (κ3) is 4.01. The molecule has 2 rings (SSSR count). The maximum Gasteiger partial charge on any atom is 0.339 e. The molecule has 19 heavy (non-hydrogen) atoms. The number of thioether (sulfide) groups is 1. The number of morpholine rings is 1. The summed E-state index contributed by atoms with van der Waals surface area (Å²) in [5.41, 5.74) is 0. The fourth-order valence-electron chi connectivity index (χ4n) is 1.77. The molecule has 1 aliphatic heterocycles. The first-order chi connectivity index (χ1) is 9.01. The molecule has 2 N–H and O–H groups in total. The summed E-state index contributed by atoms with van der Waals surface area (Å²) in [5.74, 6) is 0.398. The van der Waals surface area contributed by atoms with Gasteiger partial charge < -0.3 is 20.1 Å². The zero-order valence-electron chi connectivity index (χ0n) is 11.1. The molecule has 1 heterocycles. The minimum Gasteiger partial charge on any atom is -0.479 e. The topological polar surface area (TPSA) is 78.9 Å². The van der Waals surface area contributed by atoms with E-state index in [-0.39, 0.29) is 6.03 Å². The van der Waals surface area contributed by atoms with E-state index in [1.54, 1.807) is 11.8 Å². The first-order valence-corrected chi connectivity index (χ1v) is 7.52. The van der Waals surface area contributed by atoms with Crippen molar-refractivity contribution < 1.29 is 19.4 Å². The Bertz CT molecular complexity index is 356. The highest BCUT2D eigenvalue weighted by molar-refractivity contribution is 8.01. The Labute approximate surface area is 116 Å². The number of urea groups is 1. The van der Waals surface area contributed by atoms with Gasteiger partial charge in [0.15, 0.2) is 4.87 Å². The minimum atomic E-state index is -1.25. The second-order valence-corrected chi connectivity index (χ2v) is 6.56. The van der Waals surface area contributed by atoms with E-state index in [4.69, 9.17) is 4.74 Å². The number of amides is 2. The SMILES string of the molecule is CC(NC(=O)N1CCOCC1)(SCC1CC1)C(=O)O. The van der Waals surface area contributed by atoms with Crippen LogP contribution in [0.1, 0.15) is 19.8 Å². The zero-order chi connectivity index (χ0) is 13.9. The average Bonchev–Trinajstić information content (AvgIpc) is 3.21. The van der Waals surface area contributed by atoms with E-state index >= 15 is 0 Å². The molecule has 0 aromatic rings. The Kier molecular flexibility index (Phi) is 4.57. The summed E-state index contributed by atoms with van der Waals surface area (Å²) in [6.07, 6.45) is 2.33. The number of hydrogen-bond donors (Lipinski definition) is 2. The molecule has 0 bridgehead atoms. The molecular weight excluding hydrogens is 268 g/mol. The molecule has 1 aliphatic carbocycles. The van der Waals surface area contributed by atoms with Crippen LogP contribution in [0.15, 0.2) is 0 Å². The van der Waals surface area contributed by atoms with Crippen molar-refractivity contribution in [1.29, 1.82) is 0 Å². The number of nitrogens with zero attached hydrogens (tertiary/aromatic N) is 1. The van der Waals surface area contributed by atoms with Crippen LogP contribution in [0.5, 0.6) is 0 Å². The Morgan fingerprint density at radius 1 is 1.42 bits per heavy atom. The van der Waals surface area contributed by atoms with Gasteiger partial charge in [-0.2, -0.15) is 0 Å². The molecule has 1 unspecified atom stereocenters. The zero-order valence-corrected chi connectivity index (χ0v) is 11.9. The van der Waals surface area contributed by atoms with E-state index in [2.05, 4.69) is 5.32 Å². The second-order valence-electron chi connectivity index (χ2n) is 5.12. The van der Waals surface area contributed by atoms with E-state index in [0.29, 0.717) is 32.2 Å². The Balaban J connectivity index is 1.90. The summed E-state index contributed by atoms with van der Waals surface area (Å²) in [5, 5.41) is 12.0. The average molecular weight is 288 g/mol. The van der Waals surface area contributed by atoms with Gasteiger partial charge in [-0.3, -0.25) is 0 Å². The fourth-order valence-corrected chi connectivity index (χ4v) is 2.96. The molecule has 0 aromatic carbocycles. The van der Waals surface area contributed by atoms with Crippen LogP contribution in [0.2, 0.25) is 0 Å². The van der Waals surface area contributed by atoms with Crippen molar-refractivity contribution in [2.45, 2.75) is 24.6 Å². The highest BCUT2D eigenvalue weighted by Crippen LogP contribution is 2.36. The van der Waals surface area contributed by atoms with Gasteiger partial charge in [-0.05, 0) is 31.4 Å². The van der Waals surface area contributed by atoms with Crippen molar-refractivity contribution in [3.8, 4) is 0 Å². The molecule has 2 fully saturated rings. The third-order valence-corrected chi connectivity index (χ3v) is 4.85. The van der Waals surface area contributed by atoms with Crippen LogP contribution in [0, 0.1) is 5.92 Å². The lowest BCUT2D eigenvalue weighted by Gasteiger charge is -2.32. The number of hydrogen-bond acceptors (Lipinski definition) is 4. The summed E-state index contributed by atoms with van der Waals surface area (Å²) in [7, 11) is 0. The van der Waals surface area contributed by atoms with Crippen LogP contribution < -0.4 is 5.32 Å². The number of carboxylic acid groups (broad SMARTS) is 1. The lowest BCUT2D eigenvalue weighted by atomic mass is 10.3. The molecule has 108 valence electrons. The standard InChI is InChI=1S/C12H20N2O4S/c1-12(10(15)16,19-8-9-2-3-9)13-11(17)14-4-6-18-7-5-14/h9H,2-8H2,1H3,(H,13,17)(H,15,16). The van der Waals surface area contributed by atoms with Crippen LogP contribution >= 0.6 is 11.8 Å². The Morgan fingerprint density at radius 3 is 2.58 bits per heavy atom. The van der Waals surface area contributed by atoms with E-state index in [0.717, 1.165) is 5.75 Å². The number of carbonyl (C=O) groups excluding carboxylic acids is 1. The Hall–Kier alpha value is -0.950. The van der Waals surface area contributed by atoms with Crippen LogP contribution in [0.3, 0.4) is 0 Å². The molecule has 7 heteroatoms. The van der Waals surface area contributed by atoms with Crippen molar-refractivity contribution in [3.05, 3.63) is 0 Å². The minimum absolute atomic E-state index is 0.323. The van der Waals surface area contributed by atoms with Crippen LogP contribution in [-0.2, 0) is 9.53 Å². The summed E-state index contributed by atoms with van der Waals surface area (Å²) in [6.45, 7) is 3.59. The van der Waals surface area contributed by atoms with Gasteiger partial charge in [0, 0.05) is 13.1 Å². The normalized spacial score (nSPS) is 22.7. The lowest BCUT2D eigenvalue weighted by molar-refractivity contribution is -0.140. The third-order valence-electron chi connectivity index (χ3n) is 3.36. The summed E-state index contributed by atoms with van der Waals surface area (Å²) in [4.78, 5) is 23.8. The van der Waals surface area contributed by atoms with Crippen LogP contribution in [0.4, 0.5) is 4.79 Å². The van der Waals surface area contributed by atoms with E-state index in [1.807, 2.05) is 0 Å². The number of carboxylic acids is 1. The number of aliphatic carboxylic acids is 1. The van der Waals surface area contributed by atoms with E-state index < -0.39 is 10.8 Å². The van der Waals surface area contributed by atoms with Gasteiger partial charge in [0.05, 0.1) is 13.2 Å². The molecule has 1 atom stereocenters. The first kappa shape index (κ1) is 14.5. The van der Waals surface area contributed by atoms with Gasteiger partial charge in [0.25, 0.3) is 0 Å².